The molecule has 0 aromatic carbocycles. The van der Waals surface area contributed by atoms with Crippen molar-refractivity contribution in [2.45, 2.75) is 25.3 Å². The first-order valence-corrected chi connectivity index (χ1v) is 9.09. The minimum absolute atomic E-state index is 0.0707. The van der Waals surface area contributed by atoms with E-state index in [1.165, 1.54) is 11.1 Å². The van der Waals surface area contributed by atoms with E-state index < -0.39 is 0 Å². The van der Waals surface area contributed by atoms with Crippen LogP contribution in [-0.2, 0) is 6.42 Å². The van der Waals surface area contributed by atoms with Gasteiger partial charge < -0.3 is 14.8 Å². The highest BCUT2D eigenvalue weighted by Crippen LogP contribution is 2.32. The first-order valence-electron chi connectivity index (χ1n) is 9.09. The van der Waals surface area contributed by atoms with Gasteiger partial charge in [0, 0.05) is 43.6 Å². The molecule has 0 atom stereocenters. The molecule has 3 aromatic heterocycles. The number of likely N-dealkylation sites (tertiary alicyclic amines) is 1. The fourth-order valence-corrected chi connectivity index (χ4v) is 4.09. The van der Waals surface area contributed by atoms with E-state index in [9.17, 15) is 4.79 Å². The van der Waals surface area contributed by atoms with Crippen molar-refractivity contribution in [3.05, 3.63) is 48.2 Å². The van der Waals surface area contributed by atoms with Gasteiger partial charge in [0.25, 0.3) is 5.91 Å². The molecule has 7 heteroatoms. The quantitative estimate of drug-likeness (QED) is 0.769. The number of aromatic nitrogens is 4. The van der Waals surface area contributed by atoms with Crippen LogP contribution in [0.2, 0.25) is 0 Å². The third kappa shape index (κ3) is 2.42. The van der Waals surface area contributed by atoms with E-state index in [2.05, 4.69) is 24.8 Å². The molecule has 0 unspecified atom stereocenters. The smallest absolute Gasteiger partial charge is 0.255 e. The van der Waals surface area contributed by atoms with Crippen LogP contribution in [0.15, 0.2) is 37.1 Å². The van der Waals surface area contributed by atoms with Gasteiger partial charge in [-0.15, -0.1) is 0 Å². The highest BCUT2D eigenvalue weighted by atomic mass is 16.2. The Morgan fingerprint density at radius 2 is 2.08 bits per heavy atom. The lowest BCUT2D eigenvalue weighted by atomic mass is 10.0. The zero-order valence-corrected chi connectivity index (χ0v) is 14.4. The molecule has 1 fully saturated rings. The summed E-state index contributed by atoms with van der Waals surface area (Å²) in [5.41, 5.74) is 4.10. The van der Waals surface area contributed by atoms with Gasteiger partial charge in [0.1, 0.15) is 11.3 Å². The molecule has 2 aliphatic rings. The van der Waals surface area contributed by atoms with Crippen LogP contribution in [0.1, 0.15) is 34.8 Å². The van der Waals surface area contributed by atoms with E-state index in [4.69, 9.17) is 0 Å². The van der Waals surface area contributed by atoms with Gasteiger partial charge in [0.2, 0.25) is 0 Å². The highest BCUT2D eigenvalue weighted by molar-refractivity contribution is 5.94. The lowest BCUT2D eigenvalue weighted by Gasteiger charge is -2.33. The van der Waals surface area contributed by atoms with Crippen molar-refractivity contribution >= 4 is 22.8 Å². The van der Waals surface area contributed by atoms with Crippen LogP contribution >= 0.6 is 0 Å². The number of carbonyl (C=O) groups is 1. The summed E-state index contributed by atoms with van der Waals surface area (Å²) in [5, 5.41) is 3.34. The largest absolute Gasteiger partial charge is 0.369 e. The Balaban J connectivity index is 1.37. The molecule has 0 aliphatic carbocycles. The number of rotatable bonds is 2. The number of hydrogen-bond donors (Lipinski definition) is 1. The minimum Gasteiger partial charge on any atom is -0.369 e. The second-order valence-corrected chi connectivity index (χ2v) is 6.91. The summed E-state index contributed by atoms with van der Waals surface area (Å²) >= 11 is 0. The molecule has 132 valence electrons. The van der Waals surface area contributed by atoms with Crippen molar-refractivity contribution in [2.24, 2.45) is 0 Å². The Hall–Kier alpha value is -2.96. The maximum atomic E-state index is 12.6. The number of piperidine rings is 1. The molecule has 0 saturated carbocycles. The van der Waals surface area contributed by atoms with Gasteiger partial charge in [-0.1, -0.05) is 0 Å². The van der Waals surface area contributed by atoms with Crippen molar-refractivity contribution in [3.63, 3.8) is 0 Å². The van der Waals surface area contributed by atoms with Gasteiger partial charge >= 0.3 is 0 Å². The van der Waals surface area contributed by atoms with Crippen LogP contribution in [0.5, 0.6) is 0 Å². The third-order valence-corrected chi connectivity index (χ3v) is 5.43. The van der Waals surface area contributed by atoms with E-state index in [-0.39, 0.29) is 5.91 Å². The molecule has 2 aliphatic heterocycles. The molecule has 7 nitrogen and oxygen atoms in total. The molecule has 0 radical (unpaired) electrons. The standard InChI is InChI=1S/C19H20N6O/c26-19(13-2-1-6-20-10-13)24-8-4-14(5-9-24)25-12-23-16-11-22-18-15(17(16)25)3-7-21-18/h1-2,6,10-12,14H,3-5,7-9H2,(H,21,22). The predicted molar refractivity (Wildman–Crippen MR) is 98.1 cm³/mol. The van der Waals surface area contributed by atoms with Gasteiger partial charge in [0.05, 0.1) is 23.6 Å². The highest BCUT2D eigenvalue weighted by Gasteiger charge is 2.27. The number of pyridine rings is 2. The Bertz CT molecular complexity index is 959. The van der Waals surface area contributed by atoms with E-state index >= 15 is 0 Å². The molecule has 0 spiro atoms. The Labute approximate surface area is 151 Å². The van der Waals surface area contributed by atoms with Crippen LogP contribution < -0.4 is 5.32 Å². The van der Waals surface area contributed by atoms with Crippen molar-refractivity contribution < 1.29 is 4.79 Å². The van der Waals surface area contributed by atoms with Gasteiger partial charge in [-0.3, -0.25) is 9.78 Å². The molecule has 3 aromatic rings. The summed E-state index contributed by atoms with van der Waals surface area (Å²) in [6, 6.07) is 4.00. The van der Waals surface area contributed by atoms with Gasteiger partial charge in [-0.05, 0) is 31.4 Å². The van der Waals surface area contributed by atoms with E-state index in [0.29, 0.717) is 11.6 Å². The van der Waals surface area contributed by atoms with E-state index in [1.54, 1.807) is 18.5 Å². The maximum absolute atomic E-state index is 12.6. The second-order valence-electron chi connectivity index (χ2n) is 6.91. The zero-order valence-electron chi connectivity index (χ0n) is 14.4. The molecule has 1 saturated heterocycles. The fraction of sp³-hybridized carbons (Fsp3) is 0.368. The normalized spacial score (nSPS) is 17.3. The van der Waals surface area contributed by atoms with E-state index in [0.717, 1.165) is 50.2 Å². The summed E-state index contributed by atoms with van der Waals surface area (Å²) < 4.78 is 2.30. The summed E-state index contributed by atoms with van der Waals surface area (Å²) in [5.74, 6) is 1.06. The van der Waals surface area contributed by atoms with E-state index in [1.807, 2.05) is 23.5 Å². The molecule has 5 heterocycles. The summed E-state index contributed by atoms with van der Waals surface area (Å²) in [6.07, 6.45) is 9.97. The van der Waals surface area contributed by atoms with Crippen LogP contribution in [-0.4, -0.2) is 50.0 Å². The predicted octanol–water partition coefficient (Wildman–Crippen LogP) is 2.27. The number of hydrogen-bond acceptors (Lipinski definition) is 5. The Morgan fingerprint density at radius 1 is 1.19 bits per heavy atom. The first kappa shape index (κ1) is 15.3. The van der Waals surface area contributed by atoms with Gasteiger partial charge in [-0.25, -0.2) is 9.97 Å². The average Bonchev–Trinajstić information content (AvgIpc) is 3.34. The number of fused-ring (bicyclic) bond motifs is 3. The lowest BCUT2D eigenvalue weighted by Crippen LogP contribution is -2.39. The molecular formula is C19H20N6O. The average molecular weight is 348 g/mol. The molecule has 0 bridgehead atoms. The summed E-state index contributed by atoms with van der Waals surface area (Å²) in [6.45, 7) is 2.44. The summed E-state index contributed by atoms with van der Waals surface area (Å²) in [4.78, 5) is 27.6. The molecule has 1 amide bonds. The molecule has 1 N–H and O–H groups in total. The molecule has 26 heavy (non-hydrogen) atoms. The monoisotopic (exact) mass is 348 g/mol. The summed E-state index contributed by atoms with van der Waals surface area (Å²) in [7, 11) is 0. The number of imidazole rings is 1. The molecular weight excluding hydrogens is 328 g/mol. The molecule has 5 rings (SSSR count). The number of nitrogens with zero attached hydrogens (tertiary/aromatic N) is 5. The fourth-order valence-electron chi connectivity index (χ4n) is 4.09. The van der Waals surface area contributed by atoms with Crippen LogP contribution in [0.3, 0.4) is 0 Å². The van der Waals surface area contributed by atoms with Crippen LogP contribution in [0.4, 0.5) is 5.82 Å². The first-order chi connectivity index (χ1) is 12.8. The third-order valence-electron chi connectivity index (χ3n) is 5.43. The van der Waals surface area contributed by atoms with Crippen molar-refractivity contribution in [1.29, 1.82) is 0 Å². The number of nitrogens with one attached hydrogen (secondary N) is 1. The SMILES string of the molecule is O=C(c1cccnc1)N1CCC(n2cnc3cnc4c(c32)CCN4)CC1. The van der Waals surface area contributed by atoms with Crippen molar-refractivity contribution in [1.82, 2.24) is 24.4 Å². The minimum atomic E-state index is 0.0707. The van der Waals surface area contributed by atoms with Crippen LogP contribution in [0.25, 0.3) is 11.0 Å². The Morgan fingerprint density at radius 3 is 2.88 bits per heavy atom. The van der Waals surface area contributed by atoms with Crippen molar-refractivity contribution in [3.8, 4) is 0 Å². The lowest BCUT2D eigenvalue weighted by molar-refractivity contribution is 0.0695. The number of carbonyl (C=O) groups excluding carboxylic acids is 1. The number of amides is 1. The maximum Gasteiger partial charge on any atom is 0.255 e. The van der Waals surface area contributed by atoms with Crippen LogP contribution in [0, 0.1) is 0 Å². The Kier molecular flexibility index (Phi) is 3.58. The topological polar surface area (TPSA) is 75.9 Å². The van der Waals surface area contributed by atoms with Crippen molar-refractivity contribution in [2.75, 3.05) is 25.0 Å². The zero-order chi connectivity index (χ0) is 17.5. The second kappa shape index (κ2) is 6.09. The van der Waals surface area contributed by atoms with Gasteiger partial charge in [0.15, 0.2) is 0 Å². The number of anilines is 1. The van der Waals surface area contributed by atoms with Gasteiger partial charge in [-0.2, -0.15) is 0 Å².